The topological polar surface area (TPSA) is 81.3 Å². The molecule has 6 nitrogen and oxygen atoms in total. The van der Waals surface area contributed by atoms with Crippen molar-refractivity contribution in [1.29, 1.82) is 0 Å². The molecule has 132 valence electrons. The number of fused-ring (bicyclic) bond motifs is 1. The van der Waals surface area contributed by atoms with Crippen molar-refractivity contribution in [3.05, 3.63) is 57.0 Å². The van der Waals surface area contributed by atoms with Crippen molar-refractivity contribution in [3.63, 3.8) is 0 Å². The van der Waals surface area contributed by atoms with Gasteiger partial charge in [-0.05, 0) is 44.0 Å². The first-order valence-electron chi connectivity index (χ1n) is 7.66. The Hall–Kier alpha value is -2.25. The zero-order valence-corrected chi connectivity index (χ0v) is 15.5. The molecule has 0 radical (unpaired) electrons. The first-order valence-corrected chi connectivity index (χ1v) is 9.52. The number of aryl methyl sites for hydroxylation is 3. The summed E-state index contributed by atoms with van der Waals surface area (Å²) >= 11 is 6.19. The lowest BCUT2D eigenvalue weighted by Crippen LogP contribution is -2.14. The van der Waals surface area contributed by atoms with Crippen LogP contribution in [-0.4, -0.2) is 13.0 Å². The van der Waals surface area contributed by atoms with E-state index in [2.05, 4.69) is 4.72 Å². The third kappa shape index (κ3) is 3.17. The number of halogens is 1. The molecule has 3 aromatic rings. The average Bonchev–Trinajstić information content (AvgIpc) is 2.84. The molecule has 0 spiro atoms. The summed E-state index contributed by atoms with van der Waals surface area (Å²) in [6.07, 6.45) is 0. The van der Waals surface area contributed by atoms with E-state index in [0.717, 1.165) is 11.1 Å². The summed E-state index contributed by atoms with van der Waals surface area (Å²) in [5.74, 6) is -0.550. The third-order valence-corrected chi connectivity index (χ3v) is 5.80. The van der Waals surface area contributed by atoms with Gasteiger partial charge >= 0.3 is 5.76 Å². The minimum Gasteiger partial charge on any atom is -0.408 e. The van der Waals surface area contributed by atoms with Crippen LogP contribution in [0, 0.1) is 13.8 Å². The van der Waals surface area contributed by atoms with E-state index in [0.29, 0.717) is 17.7 Å². The SMILES string of the molecule is CCn1c(=O)oc2cc(S(=O)(=O)Nc3cc(C)ccc3C)c(Cl)cc21. The van der Waals surface area contributed by atoms with E-state index in [9.17, 15) is 13.2 Å². The van der Waals surface area contributed by atoms with Crippen LogP contribution in [0.15, 0.2) is 44.4 Å². The molecule has 0 aliphatic rings. The Morgan fingerprint density at radius 3 is 2.60 bits per heavy atom. The smallest absolute Gasteiger partial charge is 0.408 e. The van der Waals surface area contributed by atoms with Gasteiger partial charge in [0.05, 0.1) is 16.2 Å². The van der Waals surface area contributed by atoms with Gasteiger partial charge in [-0.1, -0.05) is 23.7 Å². The van der Waals surface area contributed by atoms with Crippen molar-refractivity contribution >= 4 is 38.4 Å². The van der Waals surface area contributed by atoms with E-state index in [1.807, 2.05) is 26.0 Å². The van der Waals surface area contributed by atoms with Gasteiger partial charge < -0.3 is 4.42 Å². The highest BCUT2D eigenvalue weighted by Gasteiger charge is 2.22. The minimum atomic E-state index is -3.94. The number of aromatic nitrogens is 1. The number of hydrogen-bond donors (Lipinski definition) is 1. The number of benzene rings is 2. The molecule has 8 heteroatoms. The monoisotopic (exact) mass is 380 g/mol. The molecule has 1 heterocycles. The van der Waals surface area contributed by atoms with Crippen LogP contribution in [-0.2, 0) is 16.6 Å². The van der Waals surface area contributed by atoms with Crippen LogP contribution in [0.2, 0.25) is 5.02 Å². The highest BCUT2D eigenvalue weighted by atomic mass is 35.5. The summed E-state index contributed by atoms with van der Waals surface area (Å²) < 4.78 is 34.6. The van der Waals surface area contributed by atoms with Gasteiger partial charge in [-0.25, -0.2) is 13.2 Å². The normalized spacial score (nSPS) is 11.8. The van der Waals surface area contributed by atoms with E-state index < -0.39 is 15.8 Å². The summed E-state index contributed by atoms with van der Waals surface area (Å²) in [4.78, 5) is 11.7. The summed E-state index contributed by atoms with van der Waals surface area (Å²) in [7, 11) is -3.94. The summed E-state index contributed by atoms with van der Waals surface area (Å²) in [6, 6.07) is 8.18. The zero-order valence-electron chi connectivity index (χ0n) is 14.0. The van der Waals surface area contributed by atoms with E-state index in [1.165, 1.54) is 16.7 Å². The third-order valence-electron chi connectivity index (χ3n) is 3.97. The van der Waals surface area contributed by atoms with Crippen molar-refractivity contribution in [2.75, 3.05) is 4.72 Å². The second-order valence-corrected chi connectivity index (χ2v) is 7.84. The summed E-state index contributed by atoms with van der Waals surface area (Å²) in [5, 5.41) is 0.0216. The van der Waals surface area contributed by atoms with Crippen LogP contribution in [0.4, 0.5) is 5.69 Å². The van der Waals surface area contributed by atoms with E-state index in [-0.39, 0.29) is 15.5 Å². The van der Waals surface area contributed by atoms with Crippen molar-refractivity contribution in [3.8, 4) is 0 Å². The van der Waals surface area contributed by atoms with Gasteiger partial charge in [-0.15, -0.1) is 0 Å². The molecule has 1 aromatic heterocycles. The highest BCUT2D eigenvalue weighted by molar-refractivity contribution is 7.92. The quantitative estimate of drug-likeness (QED) is 0.748. The molecule has 0 bridgehead atoms. The molecule has 0 aliphatic carbocycles. The minimum absolute atomic E-state index is 0.0216. The number of oxazole rings is 1. The summed E-state index contributed by atoms with van der Waals surface area (Å²) in [5.41, 5.74) is 2.83. The van der Waals surface area contributed by atoms with Gasteiger partial charge in [-0.2, -0.15) is 0 Å². The fourth-order valence-corrected chi connectivity index (χ4v) is 4.28. The van der Waals surface area contributed by atoms with Crippen LogP contribution in [0.3, 0.4) is 0 Å². The maximum atomic E-state index is 12.8. The molecule has 0 saturated carbocycles. The van der Waals surface area contributed by atoms with Crippen LogP contribution in [0.1, 0.15) is 18.1 Å². The molecule has 1 N–H and O–H groups in total. The molecule has 0 unspecified atom stereocenters. The maximum absolute atomic E-state index is 12.8. The Labute approximate surface area is 150 Å². The number of nitrogens with zero attached hydrogens (tertiary/aromatic N) is 1. The molecule has 0 amide bonds. The second kappa shape index (κ2) is 6.24. The predicted molar refractivity (Wildman–Crippen MR) is 97.9 cm³/mol. The lowest BCUT2D eigenvalue weighted by molar-refractivity contribution is 0.512. The molecule has 25 heavy (non-hydrogen) atoms. The number of anilines is 1. The van der Waals surface area contributed by atoms with E-state index in [4.69, 9.17) is 16.0 Å². The van der Waals surface area contributed by atoms with Crippen molar-refractivity contribution < 1.29 is 12.8 Å². The zero-order chi connectivity index (χ0) is 18.4. The molecule has 0 aliphatic heterocycles. The number of sulfonamides is 1. The number of nitrogens with one attached hydrogen (secondary N) is 1. The van der Waals surface area contributed by atoms with Crippen molar-refractivity contribution in [1.82, 2.24) is 4.57 Å². The molecular weight excluding hydrogens is 364 g/mol. The van der Waals surface area contributed by atoms with E-state index in [1.54, 1.807) is 13.0 Å². The Morgan fingerprint density at radius 2 is 1.92 bits per heavy atom. The van der Waals surface area contributed by atoms with Gasteiger partial charge in [0.15, 0.2) is 5.58 Å². The van der Waals surface area contributed by atoms with Gasteiger partial charge in [0.2, 0.25) is 0 Å². The molecule has 3 rings (SSSR count). The van der Waals surface area contributed by atoms with Gasteiger partial charge in [0, 0.05) is 12.6 Å². The second-order valence-electron chi connectivity index (χ2n) is 5.79. The molecule has 0 saturated heterocycles. The van der Waals surface area contributed by atoms with Crippen molar-refractivity contribution in [2.45, 2.75) is 32.2 Å². The Bertz CT molecular complexity index is 1130. The maximum Gasteiger partial charge on any atom is 0.419 e. The largest absolute Gasteiger partial charge is 0.419 e. The van der Waals surface area contributed by atoms with E-state index >= 15 is 0 Å². The van der Waals surface area contributed by atoms with Gasteiger partial charge in [0.25, 0.3) is 10.0 Å². The van der Waals surface area contributed by atoms with Crippen LogP contribution in [0.25, 0.3) is 11.1 Å². The lowest BCUT2D eigenvalue weighted by Gasteiger charge is -2.12. The Kier molecular flexibility index (Phi) is 4.38. The van der Waals surface area contributed by atoms with Crippen molar-refractivity contribution in [2.24, 2.45) is 0 Å². The van der Waals surface area contributed by atoms with Crippen LogP contribution >= 0.6 is 11.6 Å². The fraction of sp³-hybridized carbons (Fsp3) is 0.235. The van der Waals surface area contributed by atoms with Crippen LogP contribution < -0.4 is 10.5 Å². The van der Waals surface area contributed by atoms with Gasteiger partial charge in [-0.3, -0.25) is 9.29 Å². The summed E-state index contributed by atoms with van der Waals surface area (Å²) in [6.45, 7) is 5.87. The first-order chi connectivity index (χ1) is 11.7. The Balaban J connectivity index is 2.12. The van der Waals surface area contributed by atoms with Gasteiger partial charge in [0.1, 0.15) is 4.90 Å². The standard InChI is InChI=1S/C17H17ClN2O4S/c1-4-20-14-8-12(18)16(9-15(14)24-17(20)21)25(22,23)19-13-7-10(2)5-6-11(13)3/h5-9,19H,4H2,1-3H3. The highest BCUT2D eigenvalue weighted by Crippen LogP contribution is 2.29. The lowest BCUT2D eigenvalue weighted by atomic mass is 10.1. The predicted octanol–water partition coefficient (Wildman–Crippen LogP) is 3.69. The molecular formula is C17H17ClN2O4S. The fourth-order valence-electron chi connectivity index (χ4n) is 2.62. The Morgan fingerprint density at radius 1 is 1.20 bits per heavy atom. The van der Waals surface area contributed by atoms with Crippen LogP contribution in [0.5, 0.6) is 0 Å². The number of rotatable bonds is 4. The molecule has 0 fully saturated rings. The first kappa shape index (κ1) is 17.6. The molecule has 2 aromatic carbocycles. The average molecular weight is 381 g/mol. The molecule has 0 atom stereocenters. The number of hydrogen-bond acceptors (Lipinski definition) is 4.